The van der Waals surface area contributed by atoms with Crippen LogP contribution in [0.1, 0.15) is 47.5 Å². The van der Waals surface area contributed by atoms with Crippen molar-refractivity contribution in [1.29, 1.82) is 0 Å². The van der Waals surface area contributed by atoms with Crippen molar-refractivity contribution >= 4 is 88.1 Å². The van der Waals surface area contributed by atoms with E-state index in [1.54, 1.807) is 0 Å². The number of ether oxygens (including phenoxy) is 22. The molecule has 0 aromatic heterocycles. The molecule has 0 saturated heterocycles. The lowest BCUT2D eigenvalue weighted by atomic mass is 9.88. The minimum Gasteiger partial charge on any atom is -0.463 e. The fourth-order valence-electron chi connectivity index (χ4n) is 7.55. The maximum atomic E-state index is 11.4. The summed E-state index contributed by atoms with van der Waals surface area (Å²) in [5.74, 6) is -1.95. The fraction of sp³-hybridized carbons (Fsp3) is 0.892. The zero-order valence-electron chi connectivity index (χ0n) is 61.3. The van der Waals surface area contributed by atoms with E-state index in [2.05, 4.69) is 37.9 Å². The van der Waals surface area contributed by atoms with Crippen molar-refractivity contribution in [3.8, 4) is 0 Å². The Balaban J connectivity index is -0.000000350. The molecule has 2 radical (unpaired) electrons. The summed E-state index contributed by atoms with van der Waals surface area (Å²) in [6.45, 7) is 12.4. The van der Waals surface area contributed by atoms with Crippen LogP contribution in [0, 0.1) is 16.2 Å². The van der Waals surface area contributed by atoms with E-state index in [0.717, 1.165) is 0 Å². The minimum absolute atomic E-state index is 0. The standard InChI is InChI=1S/C21H40N4O12.C21H48N4O8.C21H38O9S3.2CH4.BH/c22-9-17(26)34-5-1-30-13-21(14-31-2-6-35-18(27)10-23,15-32-3-7-36-19(28)11-24)16-33-4-8-37-20(29)12-25;22-1-5-26-9-13-30-17-21(18-31-14-10-27-6-2-23,19-32-15-11-28-7-3-24)20-33-16-12-29-8-4-25;1-2-21(15-25-6-9-28-18(22)3-12-31,16-26-7-10-29-19(23)4-13-32)17-27-8-11-30-20(24)5-14-33;;;/h1-16,22-25H2;1-20,22-25H2;31-33H,2-17H2,1H3;2*1H4;1H. The van der Waals surface area contributed by atoms with E-state index in [1.807, 2.05) is 6.92 Å². The number of esters is 7. The molecule has 0 unspecified atom stereocenters. The zero-order valence-corrected chi connectivity index (χ0v) is 64.0. The first-order chi connectivity index (χ1) is 50.0. The number of hydrogen-bond donors (Lipinski definition) is 11. The van der Waals surface area contributed by atoms with Crippen LogP contribution in [0.3, 0.4) is 0 Å². The zero-order chi connectivity index (χ0) is 76.9. The summed E-state index contributed by atoms with van der Waals surface area (Å²) in [5, 5.41) is 0. The Morgan fingerprint density at radius 1 is 0.236 bits per heavy atom. The summed E-state index contributed by atoms with van der Waals surface area (Å²) in [6.07, 6.45) is 1.44. The average Bonchev–Trinajstić information content (AvgIpc) is 0.887. The Morgan fingerprint density at radius 2 is 0.387 bits per heavy atom. The van der Waals surface area contributed by atoms with Crippen molar-refractivity contribution in [2.45, 2.75) is 47.5 Å². The Morgan fingerprint density at radius 3 is 0.538 bits per heavy atom. The van der Waals surface area contributed by atoms with Gasteiger partial charge in [0, 0.05) is 57.3 Å². The summed E-state index contributed by atoms with van der Waals surface area (Å²) >= 11 is 12.0. The van der Waals surface area contributed by atoms with E-state index in [1.165, 1.54) is 0 Å². The van der Waals surface area contributed by atoms with Gasteiger partial charge in [-0.3, -0.25) is 33.6 Å². The molecule has 16 N–H and O–H groups in total. The number of rotatable bonds is 74. The number of nitrogens with two attached hydrogens (primary N) is 8. The monoisotopic (exact) mass is 1600 g/mol. The lowest BCUT2D eigenvalue weighted by molar-refractivity contribution is -0.151. The molecule has 0 fully saturated rings. The second-order valence-electron chi connectivity index (χ2n) is 21.8. The van der Waals surface area contributed by atoms with E-state index in [4.69, 9.17) is 150 Å². The second-order valence-corrected chi connectivity index (χ2v) is 23.2. The van der Waals surface area contributed by atoms with Gasteiger partial charge in [0.05, 0.1) is 254 Å². The lowest BCUT2D eigenvalue weighted by Gasteiger charge is -2.33. The highest BCUT2D eigenvalue weighted by Crippen LogP contribution is 2.25. The molecule has 0 saturated carbocycles. The van der Waals surface area contributed by atoms with E-state index in [-0.39, 0.29) is 206 Å². The van der Waals surface area contributed by atoms with Gasteiger partial charge in [0.25, 0.3) is 0 Å². The van der Waals surface area contributed by atoms with Gasteiger partial charge in [0.1, 0.15) is 46.2 Å². The molecule has 0 atom stereocenters. The molecule has 0 aliphatic rings. The molecular weight excluding hydrogens is 1460 g/mol. The van der Waals surface area contributed by atoms with Crippen molar-refractivity contribution in [3.05, 3.63) is 0 Å². The third-order valence-electron chi connectivity index (χ3n) is 12.8. The lowest BCUT2D eigenvalue weighted by Crippen LogP contribution is -2.43. The smallest absolute Gasteiger partial charge is 0.319 e. The highest BCUT2D eigenvalue weighted by atomic mass is 32.1. The van der Waals surface area contributed by atoms with Crippen molar-refractivity contribution in [2.75, 3.05) is 314 Å². The molecule has 630 valence electrons. The molecule has 0 aromatic carbocycles. The first-order valence-electron chi connectivity index (χ1n) is 34.2. The first kappa shape index (κ1) is 113. The number of hydrogen-bond acceptors (Lipinski definition) is 40. The van der Waals surface area contributed by atoms with Crippen LogP contribution in [0.25, 0.3) is 0 Å². The van der Waals surface area contributed by atoms with E-state index >= 15 is 0 Å². The van der Waals surface area contributed by atoms with Gasteiger partial charge in [-0.1, -0.05) is 21.8 Å². The van der Waals surface area contributed by atoms with Crippen molar-refractivity contribution < 1.29 is 138 Å². The topological polar surface area (TPSA) is 531 Å². The summed E-state index contributed by atoms with van der Waals surface area (Å²) < 4.78 is 120. The predicted molar refractivity (Wildman–Crippen MR) is 405 cm³/mol. The average molecular weight is 1600 g/mol. The van der Waals surface area contributed by atoms with Crippen molar-refractivity contribution in [1.82, 2.24) is 0 Å². The van der Waals surface area contributed by atoms with Gasteiger partial charge in [-0.05, 0) is 6.42 Å². The third-order valence-corrected chi connectivity index (χ3v) is 13.5. The second kappa shape index (κ2) is 85.5. The van der Waals surface area contributed by atoms with Gasteiger partial charge in [-0.2, -0.15) is 37.9 Å². The van der Waals surface area contributed by atoms with Crippen LogP contribution >= 0.6 is 37.9 Å². The van der Waals surface area contributed by atoms with Gasteiger partial charge >= 0.3 is 41.8 Å². The quantitative estimate of drug-likeness (QED) is 0.00931. The Hall–Kier alpha value is -3.52. The predicted octanol–water partition coefficient (Wildman–Crippen LogP) is -3.37. The van der Waals surface area contributed by atoms with Crippen LogP contribution in [0.2, 0.25) is 0 Å². The van der Waals surface area contributed by atoms with E-state index < -0.39 is 40.1 Å². The van der Waals surface area contributed by atoms with Crippen LogP contribution in [0.4, 0.5) is 0 Å². The van der Waals surface area contributed by atoms with Crippen LogP contribution in [0.15, 0.2) is 0 Å². The Kier molecular flexibility index (Phi) is 91.4. The van der Waals surface area contributed by atoms with Gasteiger partial charge < -0.3 is 150 Å². The van der Waals surface area contributed by atoms with Gasteiger partial charge in [-0.25, -0.2) is 0 Å². The molecule has 0 spiro atoms. The van der Waals surface area contributed by atoms with Gasteiger partial charge in [-0.15, -0.1) is 0 Å². The molecule has 0 rings (SSSR count). The molecule has 0 bridgehead atoms. The number of carbonyl (C=O) groups excluding carboxylic acids is 7. The molecule has 106 heavy (non-hydrogen) atoms. The van der Waals surface area contributed by atoms with Crippen molar-refractivity contribution in [3.63, 3.8) is 0 Å². The summed E-state index contributed by atoms with van der Waals surface area (Å²) in [7, 11) is 0. The summed E-state index contributed by atoms with van der Waals surface area (Å²) in [5.41, 5.74) is 40.7. The SMILES string of the molecule is C.C.CCC(COCCOC(=O)CCS)(COCCOC(=O)CCS)COCCOC(=O)CCS.NCC(=O)OCCOCC(COCCOC(=O)CN)(COCCOC(=O)CN)COCCOC(=O)CN.NCCOCCOCC(COCCOCCN)(COCCOCCN)COCCOCCN.[BH]. The van der Waals surface area contributed by atoms with Crippen LogP contribution < -0.4 is 45.9 Å². The largest absolute Gasteiger partial charge is 0.463 e. The molecule has 41 heteroatoms. The molecule has 0 aliphatic heterocycles. The maximum Gasteiger partial charge on any atom is 0.319 e. The highest BCUT2D eigenvalue weighted by molar-refractivity contribution is 7.80. The molecule has 37 nitrogen and oxygen atoms in total. The van der Waals surface area contributed by atoms with Gasteiger partial charge in [0.2, 0.25) is 0 Å². The molecule has 0 heterocycles. The normalized spacial score (nSPS) is 11.1. The van der Waals surface area contributed by atoms with Crippen LogP contribution in [-0.4, -0.2) is 364 Å². The Bertz CT molecular complexity index is 1760. The summed E-state index contributed by atoms with van der Waals surface area (Å²) in [6, 6.07) is 0. The maximum absolute atomic E-state index is 11.4. The molecule has 0 aliphatic carbocycles. The molecule has 0 aromatic rings. The Labute approximate surface area is 646 Å². The number of thiol groups is 3. The molecular formula is C65H135BN8O29S3. The third kappa shape index (κ3) is 74.6. The van der Waals surface area contributed by atoms with Gasteiger partial charge in [0.15, 0.2) is 0 Å². The summed E-state index contributed by atoms with van der Waals surface area (Å²) in [4.78, 5) is 79.0. The van der Waals surface area contributed by atoms with Crippen LogP contribution in [-0.2, 0) is 138 Å². The minimum atomic E-state index is -0.897. The van der Waals surface area contributed by atoms with Crippen molar-refractivity contribution in [2.24, 2.45) is 62.1 Å². The van der Waals surface area contributed by atoms with E-state index in [9.17, 15) is 33.6 Å². The van der Waals surface area contributed by atoms with E-state index in [0.29, 0.717) is 175 Å². The van der Waals surface area contributed by atoms with Crippen LogP contribution in [0.5, 0.6) is 0 Å². The molecule has 0 amide bonds. The highest BCUT2D eigenvalue weighted by Gasteiger charge is 2.35. The number of carbonyl (C=O) groups is 7. The fourth-order valence-corrected chi connectivity index (χ4v) is 8.09. The first-order valence-corrected chi connectivity index (χ1v) is 36.1.